The third-order valence-electron chi connectivity index (χ3n) is 6.25. The maximum atomic E-state index is 11.3. The summed E-state index contributed by atoms with van der Waals surface area (Å²) in [6.07, 6.45) is 11.4. The van der Waals surface area contributed by atoms with Crippen molar-refractivity contribution in [2.45, 2.75) is 70.8 Å². The number of nitrogens with zero attached hydrogens (tertiary/aromatic N) is 2. The fourth-order valence-electron chi connectivity index (χ4n) is 4.60. The first kappa shape index (κ1) is 19.2. The fraction of sp³-hybridized carbons (Fsp3) is 0.714. The van der Waals surface area contributed by atoms with E-state index in [1.54, 1.807) is 0 Å². The van der Waals surface area contributed by atoms with Crippen molar-refractivity contribution in [3.8, 4) is 0 Å². The summed E-state index contributed by atoms with van der Waals surface area (Å²) in [5.41, 5.74) is 1.23. The largest absolute Gasteiger partial charge is 0.481 e. The average molecular weight is 360 g/mol. The minimum absolute atomic E-state index is 0.0466. The molecule has 2 fully saturated rings. The van der Waals surface area contributed by atoms with Crippen LogP contribution in [0.4, 0.5) is 5.82 Å². The van der Waals surface area contributed by atoms with Crippen LogP contribution in [0, 0.1) is 12.3 Å². The van der Waals surface area contributed by atoms with Crippen molar-refractivity contribution >= 4 is 11.8 Å². The van der Waals surface area contributed by atoms with Gasteiger partial charge in [0, 0.05) is 25.3 Å². The van der Waals surface area contributed by atoms with Gasteiger partial charge in [-0.3, -0.25) is 4.79 Å². The second-order valence-corrected chi connectivity index (χ2v) is 8.36. The van der Waals surface area contributed by atoms with Crippen LogP contribution in [0.15, 0.2) is 18.3 Å². The Labute approximate surface area is 157 Å². The summed E-state index contributed by atoms with van der Waals surface area (Å²) < 4.78 is 0. The lowest BCUT2D eigenvalue weighted by Crippen LogP contribution is -2.41. The highest BCUT2D eigenvalue weighted by atomic mass is 16.4. The molecule has 2 aliphatic rings. The first-order valence-electron chi connectivity index (χ1n) is 10.2. The van der Waals surface area contributed by atoms with Gasteiger partial charge in [-0.2, -0.15) is 0 Å². The van der Waals surface area contributed by atoms with Gasteiger partial charge in [0.15, 0.2) is 0 Å². The highest BCUT2D eigenvalue weighted by Gasteiger charge is 2.34. The van der Waals surface area contributed by atoms with E-state index in [4.69, 9.17) is 0 Å². The van der Waals surface area contributed by atoms with Crippen LogP contribution in [0.2, 0.25) is 0 Å². The molecule has 1 aliphatic carbocycles. The normalized spacial score (nSPS) is 21.4. The summed E-state index contributed by atoms with van der Waals surface area (Å²) in [5, 5.41) is 12.9. The SMILES string of the molecule is Cc1ccc(NC2CCN(CCC3(CC(=O)O)CCCCC3)CC2)nc1. The molecule has 26 heavy (non-hydrogen) atoms. The van der Waals surface area contributed by atoms with Gasteiger partial charge in [0.05, 0.1) is 6.42 Å². The van der Waals surface area contributed by atoms with Crippen molar-refractivity contribution in [1.29, 1.82) is 0 Å². The minimum atomic E-state index is -0.625. The van der Waals surface area contributed by atoms with Crippen LogP contribution in [-0.2, 0) is 4.79 Å². The minimum Gasteiger partial charge on any atom is -0.481 e. The summed E-state index contributed by atoms with van der Waals surface area (Å²) in [4.78, 5) is 18.3. The topological polar surface area (TPSA) is 65.5 Å². The summed E-state index contributed by atoms with van der Waals surface area (Å²) >= 11 is 0. The number of aryl methyl sites for hydroxylation is 1. The zero-order valence-electron chi connectivity index (χ0n) is 16.0. The number of hydrogen-bond acceptors (Lipinski definition) is 4. The Balaban J connectivity index is 1.44. The quantitative estimate of drug-likeness (QED) is 0.768. The lowest BCUT2D eigenvalue weighted by atomic mass is 9.69. The van der Waals surface area contributed by atoms with E-state index in [1.165, 1.54) is 24.8 Å². The maximum absolute atomic E-state index is 11.3. The van der Waals surface area contributed by atoms with E-state index in [1.807, 2.05) is 6.20 Å². The van der Waals surface area contributed by atoms with Gasteiger partial charge >= 0.3 is 5.97 Å². The number of pyridine rings is 1. The molecule has 0 aromatic carbocycles. The number of carbonyl (C=O) groups is 1. The average Bonchev–Trinajstić information content (AvgIpc) is 2.63. The predicted molar refractivity (Wildman–Crippen MR) is 104 cm³/mol. The van der Waals surface area contributed by atoms with Gasteiger partial charge in [-0.25, -0.2) is 4.98 Å². The number of aliphatic carboxylic acids is 1. The number of piperidine rings is 1. The number of nitrogens with one attached hydrogen (secondary N) is 1. The zero-order chi connectivity index (χ0) is 18.4. The molecule has 1 aromatic heterocycles. The van der Waals surface area contributed by atoms with Crippen LogP contribution >= 0.6 is 0 Å². The molecule has 0 unspecified atom stereocenters. The van der Waals surface area contributed by atoms with E-state index >= 15 is 0 Å². The smallest absolute Gasteiger partial charge is 0.303 e. The molecule has 1 aliphatic heterocycles. The molecule has 0 radical (unpaired) electrons. The van der Waals surface area contributed by atoms with Gasteiger partial charge in [0.1, 0.15) is 5.82 Å². The number of likely N-dealkylation sites (tertiary alicyclic amines) is 1. The number of hydrogen-bond donors (Lipinski definition) is 2. The van der Waals surface area contributed by atoms with Gasteiger partial charge in [-0.15, -0.1) is 0 Å². The van der Waals surface area contributed by atoms with Gasteiger partial charge in [-0.1, -0.05) is 25.3 Å². The van der Waals surface area contributed by atoms with E-state index in [0.29, 0.717) is 12.5 Å². The van der Waals surface area contributed by atoms with Crippen molar-refractivity contribution in [1.82, 2.24) is 9.88 Å². The Bertz CT molecular complexity index is 573. The van der Waals surface area contributed by atoms with Gasteiger partial charge in [0.2, 0.25) is 0 Å². The number of aromatic nitrogens is 1. The Morgan fingerprint density at radius 1 is 1.27 bits per heavy atom. The Morgan fingerprint density at radius 3 is 2.62 bits per heavy atom. The Kier molecular flexibility index (Phi) is 6.52. The first-order valence-corrected chi connectivity index (χ1v) is 10.2. The van der Waals surface area contributed by atoms with Crippen molar-refractivity contribution in [2.75, 3.05) is 25.0 Å². The summed E-state index contributed by atoms with van der Waals surface area (Å²) in [6.45, 7) is 5.28. The number of carboxylic acids is 1. The standard InChI is InChI=1S/C21H33N3O2/c1-17-5-6-19(22-16-17)23-18-7-12-24(13-8-18)14-11-21(15-20(25)26)9-3-2-4-10-21/h5-6,16,18H,2-4,7-15H2,1H3,(H,22,23)(H,25,26). The van der Waals surface area contributed by atoms with Crippen LogP contribution in [0.5, 0.6) is 0 Å². The van der Waals surface area contributed by atoms with Crippen LogP contribution < -0.4 is 5.32 Å². The molecule has 144 valence electrons. The second-order valence-electron chi connectivity index (χ2n) is 8.36. The highest BCUT2D eigenvalue weighted by molar-refractivity contribution is 5.67. The van der Waals surface area contributed by atoms with Gasteiger partial charge in [0.25, 0.3) is 0 Å². The monoisotopic (exact) mass is 359 g/mol. The third-order valence-corrected chi connectivity index (χ3v) is 6.25. The lowest BCUT2D eigenvalue weighted by molar-refractivity contribution is -0.140. The molecule has 1 saturated heterocycles. The first-order chi connectivity index (χ1) is 12.5. The molecule has 2 heterocycles. The molecule has 5 nitrogen and oxygen atoms in total. The van der Waals surface area contributed by atoms with Crippen LogP contribution in [0.25, 0.3) is 0 Å². The molecule has 2 N–H and O–H groups in total. The van der Waals surface area contributed by atoms with E-state index in [2.05, 4.69) is 34.3 Å². The number of rotatable bonds is 7. The summed E-state index contributed by atoms with van der Waals surface area (Å²) in [5.74, 6) is 0.345. The molecular formula is C21H33N3O2. The lowest BCUT2D eigenvalue weighted by Gasteiger charge is -2.39. The van der Waals surface area contributed by atoms with Crippen molar-refractivity contribution in [2.24, 2.45) is 5.41 Å². The molecule has 0 bridgehead atoms. The molecule has 0 spiro atoms. The Hall–Kier alpha value is -1.62. The maximum Gasteiger partial charge on any atom is 0.303 e. The van der Waals surface area contributed by atoms with Gasteiger partial charge < -0.3 is 15.3 Å². The highest BCUT2D eigenvalue weighted by Crippen LogP contribution is 2.42. The third kappa shape index (κ3) is 5.44. The molecule has 3 rings (SSSR count). The zero-order valence-corrected chi connectivity index (χ0v) is 16.0. The fourth-order valence-corrected chi connectivity index (χ4v) is 4.60. The van der Waals surface area contributed by atoms with Crippen molar-refractivity contribution in [3.63, 3.8) is 0 Å². The molecule has 1 saturated carbocycles. The summed E-state index contributed by atoms with van der Waals surface area (Å²) in [7, 11) is 0. The molecule has 5 heteroatoms. The van der Waals surface area contributed by atoms with E-state index in [-0.39, 0.29) is 5.41 Å². The van der Waals surface area contributed by atoms with Crippen molar-refractivity contribution < 1.29 is 9.90 Å². The molecule has 0 atom stereocenters. The van der Waals surface area contributed by atoms with Crippen molar-refractivity contribution in [3.05, 3.63) is 23.9 Å². The predicted octanol–water partition coefficient (Wildman–Crippen LogP) is 4.08. The molecular weight excluding hydrogens is 326 g/mol. The summed E-state index contributed by atoms with van der Waals surface area (Å²) in [6, 6.07) is 4.64. The van der Waals surface area contributed by atoms with Crippen LogP contribution in [0.3, 0.4) is 0 Å². The number of anilines is 1. The molecule has 0 amide bonds. The van der Waals surface area contributed by atoms with E-state index < -0.39 is 5.97 Å². The second kappa shape index (κ2) is 8.85. The van der Waals surface area contributed by atoms with E-state index in [0.717, 1.165) is 57.6 Å². The van der Waals surface area contributed by atoms with Gasteiger partial charge in [-0.05, 0) is 62.6 Å². The Morgan fingerprint density at radius 2 is 2.00 bits per heavy atom. The number of carboxylic acid groups (broad SMARTS) is 1. The molecule has 1 aromatic rings. The van der Waals surface area contributed by atoms with Crippen LogP contribution in [-0.4, -0.2) is 46.6 Å². The van der Waals surface area contributed by atoms with Crippen LogP contribution in [0.1, 0.15) is 63.4 Å². The van der Waals surface area contributed by atoms with E-state index in [9.17, 15) is 9.90 Å².